The number of amides is 2. The van der Waals surface area contributed by atoms with Crippen LogP contribution in [0.15, 0.2) is 71.3 Å². The van der Waals surface area contributed by atoms with Crippen molar-refractivity contribution in [1.29, 1.82) is 0 Å². The number of carbonyl (C=O) groups excluding carboxylic acids is 2. The van der Waals surface area contributed by atoms with Gasteiger partial charge in [0.2, 0.25) is 0 Å². The third kappa shape index (κ3) is 4.22. The number of hydrogen-bond donors (Lipinski definition) is 1. The van der Waals surface area contributed by atoms with Gasteiger partial charge in [0.05, 0.1) is 18.9 Å². The van der Waals surface area contributed by atoms with Crippen LogP contribution in [0.3, 0.4) is 0 Å². The second-order valence-electron chi connectivity index (χ2n) is 7.17. The van der Waals surface area contributed by atoms with Gasteiger partial charge in [-0.05, 0) is 73.9 Å². The average Bonchev–Trinajstić information content (AvgIpc) is 3.47. The largest absolute Gasteiger partial charge is 0.494 e. The maximum absolute atomic E-state index is 13.1. The fourth-order valence-electron chi connectivity index (χ4n) is 3.77. The molecule has 30 heavy (non-hydrogen) atoms. The van der Waals surface area contributed by atoms with E-state index in [2.05, 4.69) is 5.32 Å². The normalized spacial score (nSPS) is 15.8. The summed E-state index contributed by atoms with van der Waals surface area (Å²) in [6.07, 6.45) is 3.37. The Bertz CT molecular complexity index is 995. The minimum absolute atomic E-state index is 0.00436. The monoisotopic (exact) mass is 404 g/mol. The molecule has 1 unspecified atom stereocenters. The lowest BCUT2D eigenvalue weighted by atomic mass is 10.0. The Hall–Kier alpha value is -3.54. The Morgan fingerprint density at radius 3 is 2.53 bits per heavy atom. The topological polar surface area (TPSA) is 71.8 Å². The van der Waals surface area contributed by atoms with E-state index >= 15 is 0 Å². The molecule has 1 saturated heterocycles. The zero-order valence-electron chi connectivity index (χ0n) is 16.8. The number of furan rings is 1. The maximum atomic E-state index is 13.1. The Morgan fingerprint density at radius 2 is 1.87 bits per heavy atom. The van der Waals surface area contributed by atoms with E-state index in [1.54, 1.807) is 36.4 Å². The van der Waals surface area contributed by atoms with Crippen LogP contribution >= 0.6 is 0 Å². The lowest BCUT2D eigenvalue weighted by molar-refractivity contribution is 0.0735. The number of hydrogen-bond acceptors (Lipinski definition) is 4. The molecule has 0 radical (unpaired) electrons. The van der Waals surface area contributed by atoms with E-state index in [-0.39, 0.29) is 23.6 Å². The predicted octanol–water partition coefficient (Wildman–Crippen LogP) is 4.91. The summed E-state index contributed by atoms with van der Waals surface area (Å²) in [7, 11) is 0. The highest BCUT2D eigenvalue weighted by Crippen LogP contribution is 2.34. The van der Waals surface area contributed by atoms with Gasteiger partial charge in [0.25, 0.3) is 11.8 Å². The van der Waals surface area contributed by atoms with Crippen LogP contribution in [0.2, 0.25) is 0 Å². The predicted molar refractivity (Wildman–Crippen MR) is 114 cm³/mol. The molecule has 4 rings (SSSR count). The summed E-state index contributed by atoms with van der Waals surface area (Å²) in [4.78, 5) is 27.1. The first-order chi connectivity index (χ1) is 14.7. The van der Waals surface area contributed by atoms with E-state index in [1.807, 2.05) is 36.1 Å². The molecule has 1 N–H and O–H groups in total. The van der Waals surface area contributed by atoms with E-state index in [0.717, 1.165) is 30.7 Å². The van der Waals surface area contributed by atoms with Gasteiger partial charge in [0.15, 0.2) is 5.76 Å². The number of rotatable bonds is 6. The van der Waals surface area contributed by atoms with Gasteiger partial charge >= 0.3 is 0 Å². The second kappa shape index (κ2) is 8.86. The summed E-state index contributed by atoms with van der Waals surface area (Å²) in [6, 6.07) is 18.3. The van der Waals surface area contributed by atoms with Gasteiger partial charge in [-0.15, -0.1) is 0 Å². The fourth-order valence-corrected chi connectivity index (χ4v) is 3.77. The first kappa shape index (κ1) is 19.8. The summed E-state index contributed by atoms with van der Waals surface area (Å²) in [5.74, 6) is 0.749. The van der Waals surface area contributed by atoms with Crippen molar-refractivity contribution in [3.05, 3.63) is 83.8 Å². The maximum Gasteiger partial charge on any atom is 0.291 e. The van der Waals surface area contributed by atoms with E-state index in [1.165, 1.54) is 6.26 Å². The molecule has 6 heteroatoms. The van der Waals surface area contributed by atoms with E-state index in [0.29, 0.717) is 17.9 Å². The molecule has 0 spiro atoms. The molecule has 0 bridgehead atoms. The Balaban J connectivity index is 1.44. The quantitative estimate of drug-likeness (QED) is 0.634. The number of likely N-dealkylation sites (tertiary alicyclic amines) is 1. The number of nitrogens with one attached hydrogen (secondary N) is 1. The van der Waals surface area contributed by atoms with E-state index in [4.69, 9.17) is 9.15 Å². The lowest BCUT2D eigenvalue weighted by Gasteiger charge is -2.25. The van der Waals surface area contributed by atoms with Gasteiger partial charge in [-0.1, -0.05) is 12.1 Å². The first-order valence-corrected chi connectivity index (χ1v) is 10.1. The fraction of sp³-hybridized carbons (Fsp3) is 0.250. The van der Waals surface area contributed by atoms with Crippen molar-refractivity contribution in [1.82, 2.24) is 4.90 Å². The van der Waals surface area contributed by atoms with Crippen LogP contribution in [-0.4, -0.2) is 29.9 Å². The van der Waals surface area contributed by atoms with Crippen LogP contribution in [0.5, 0.6) is 5.75 Å². The number of benzene rings is 2. The van der Waals surface area contributed by atoms with Crippen LogP contribution in [0.4, 0.5) is 5.69 Å². The van der Waals surface area contributed by atoms with Crippen molar-refractivity contribution in [2.45, 2.75) is 25.8 Å². The van der Waals surface area contributed by atoms with Crippen LogP contribution in [0, 0.1) is 0 Å². The molecule has 2 amide bonds. The van der Waals surface area contributed by atoms with Crippen LogP contribution in [-0.2, 0) is 0 Å². The molecule has 2 heterocycles. The molecular formula is C24H24N2O4. The number of ether oxygens (including phenoxy) is 1. The minimum atomic E-state index is -0.325. The van der Waals surface area contributed by atoms with Gasteiger partial charge in [-0.3, -0.25) is 9.59 Å². The number of anilines is 1. The Kier molecular flexibility index (Phi) is 5.84. The smallest absolute Gasteiger partial charge is 0.291 e. The zero-order valence-corrected chi connectivity index (χ0v) is 16.8. The highest BCUT2D eigenvalue weighted by Gasteiger charge is 2.30. The molecule has 3 aromatic rings. The van der Waals surface area contributed by atoms with E-state index in [9.17, 15) is 9.59 Å². The average molecular weight is 404 g/mol. The summed E-state index contributed by atoms with van der Waals surface area (Å²) in [6.45, 7) is 3.32. The summed E-state index contributed by atoms with van der Waals surface area (Å²) >= 11 is 0. The van der Waals surface area contributed by atoms with Crippen molar-refractivity contribution in [2.75, 3.05) is 18.5 Å². The first-order valence-electron chi connectivity index (χ1n) is 10.1. The Labute approximate surface area is 175 Å². The molecule has 6 nitrogen and oxygen atoms in total. The summed E-state index contributed by atoms with van der Waals surface area (Å²) in [5.41, 5.74) is 2.33. The third-order valence-corrected chi connectivity index (χ3v) is 5.22. The summed E-state index contributed by atoms with van der Waals surface area (Å²) in [5, 5.41) is 2.76. The molecule has 1 atom stereocenters. The highest BCUT2D eigenvalue weighted by molar-refractivity contribution is 6.02. The van der Waals surface area contributed by atoms with Crippen molar-refractivity contribution in [3.8, 4) is 5.75 Å². The summed E-state index contributed by atoms with van der Waals surface area (Å²) < 4.78 is 10.6. The molecule has 1 aliphatic rings. The molecular weight excluding hydrogens is 380 g/mol. The van der Waals surface area contributed by atoms with Gasteiger partial charge in [0, 0.05) is 17.8 Å². The van der Waals surface area contributed by atoms with Crippen molar-refractivity contribution in [2.24, 2.45) is 0 Å². The second-order valence-corrected chi connectivity index (χ2v) is 7.17. The highest BCUT2D eigenvalue weighted by atomic mass is 16.5. The SMILES string of the molecule is CCOc1ccc(C2CCCN2C(=O)c2ccc(NC(=O)c3ccco3)cc2)cc1. The van der Waals surface area contributed by atoms with Crippen molar-refractivity contribution in [3.63, 3.8) is 0 Å². The molecule has 154 valence electrons. The zero-order chi connectivity index (χ0) is 20.9. The molecule has 1 aliphatic heterocycles. The molecule has 0 saturated carbocycles. The minimum Gasteiger partial charge on any atom is -0.494 e. The molecule has 2 aromatic carbocycles. The van der Waals surface area contributed by atoms with Crippen LogP contribution in [0.25, 0.3) is 0 Å². The van der Waals surface area contributed by atoms with Gasteiger partial charge in [-0.25, -0.2) is 0 Å². The Morgan fingerprint density at radius 1 is 1.10 bits per heavy atom. The van der Waals surface area contributed by atoms with Crippen molar-refractivity contribution < 1.29 is 18.7 Å². The van der Waals surface area contributed by atoms with Gasteiger partial charge in [-0.2, -0.15) is 0 Å². The van der Waals surface area contributed by atoms with Gasteiger partial charge in [0.1, 0.15) is 5.75 Å². The standard InChI is InChI=1S/C24H24N2O4/c1-2-29-20-13-9-17(10-14-20)21-5-3-15-26(21)24(28)18-7-11-19(12-8-18)25-23(27)22-6-4-16-30-22/h4,6-14,16,21H,2-3,5,15H2,1H3,(H,25,27). The number of carbonyl (C=O) groups is 2. The lowest BCUT2D eigenvalue weighted by Crippen LogP contribution is -2.30. The molecule has 1 fully saturated rings. The van der Waals surface area contributed by atoms with Gasteiger partial charge < -0.3 is 19.4 Å². The van der Waals surface area contributed by atoms with E-state index < -0.39 is 0 Å². The van der Waals surface area contributed by atoms with Crippen molar-refractivity contribution >= 4 is 17.5 Å². The van der Waals surface area contributed by atoms with Crippen LogP contribution < -0.4 is 10.1 Å². The molecule has 1 aromatic heterocycles. The third-order valence-electron chi connectivity index (χ3n) is 5.22. The van der Waals surface area contributed by atoms with Crippen LogP contribution in [0.1, 0.15) is 52.3 Å². The molecule has 0 aliphatic carbocycles. The number of nitrogens with zero attached hydrogens (tertiary/aromatic N) is 1.